The fraction of sp³-hybridized carbons (Fsp3) is 0.750. The molecule has 0 spiro atoms. The highest BCUT2D eigenvalue weighted by Crippen LogP contribution is 2.36. The Hall–Kier alpha value is -0.510. The summed E-state index contributed by atoms with van der Waals surface area (Å²) in [6.07, 6.45) is 9.90. The minimum Gasteiger partial charge on any atom is -0.348 e. The molecule has 1 saturated heterocycles. The van der Waals surface area contributed by atoms with Gasteiger partial charge < -0.3 is 9.47 Å². The van der Waals surface area contributed by atoms with Crippen molar-refractivity contribution in [3.05, 3.63) is 24.3 Å². The third kappa shape index (κ3) is 5.74. The van der Waals surface area contributed by atoms with Crippen LogP contribution in [0.3, 0.4) is 0 Å². The van der Waals surface area contributed by atoms with Gasteiger partial charge in [0.2, 0.25) is 0 Å². The number of alkyl halides is 3. The van der Waals surface area contributed by atoms with Crippen LogP contribution in [-0.2, 0) is 19.3 Å². The first kappa shape index (κ1) is 20.8. The van der Waals surface area contributed by atoms with Gasteiger partial charge in [0.1, 0.15) is 0 Å². The highest BCUT2D eigenvalue weighted by atomic mass is 32.2. The van der Waals surface area contributed by atoms with Crippen molar-refractivity contribution >= 4 is 21.6 Å². The van der Waals surface area contributed by atoms with Gasteiger partial charge >= 0.3 is 5.51 Å². The largest absolute Gasteiger partial charge is 0.497 e. The molecule has 0 unspecified atom stereocenters. The molecule has 25 heavy (non-hydrogen) atoms. The second kappa shape index (κ2) is 8.92. The van der Waals surface area contributed by atoms with Crippen molar-refractivity contribution in [1.29, 1.82) is 0 Å². The summed E-state index contributed by atoms with van der Waals surface area (Å²) < 4.78 is 71.5. The van der Waals surface area contributed by atoms with Crippen LogP contribution in [0, 0.1) is 5.92 Å². The summed E-state index contributed by atoms with van der Waals surface area (Å²) in [6, 6.07) is 0. The standard InChI is InChI=1S/C16H23F3O4S2/c1-24-13-10-22-15(23-11-13)5-3-2-4-12-6-8-14(9-7-12)25(20,21)16(17,18)19/h2-5,12-15H,6-11H2,1H3/b4-2+,5-3+. The van der Waals surface area contributed by atoms with Gasteiger partial charge in [-0.1, -0.05) is 18.2 Å². The van der Waals surface area contributed by atoms with E-state index in [0.29, 0.717) is 31.3 Å². The lowest BCUT2D eigenvalue weighted by molar-refractivity contribution is -0.146. The van der Waals surface area contributed by atoms with Crippen LogP contribution >= 0.6 is 11.8 Å². The summed E-state index contributed by atoms with van der Waals surface area (Å²) in [4.78, 5) is 0. The van der Waals surface area contributed by atoms with Crippen LogP contribution in [0.4, 0.5) is 13.2 Å². The van der Waals surface area contributed by atoms with E-state index in [2.05, 4.69) is 0 Å². The Morgan fingerprint density at radius 2 is 1.56 bits per heavy atom. The molecule has 0 aromatic heterocycles. The lowest BCUT2D eigenvalue weighted by Crippen LogP contribution is -2.36. The van der Waals surface area contributed by atoms with Gasteiger partial charge in [0.15, 0.2) is 6.29 Å². The van der Waals surface area contributed by atoms with Crippen molar-refractivity contribution in [2.45, 2.75) is 48.0 Å². The van der Waals surface area contributed by atoms with E-state index < -0.39 is 20.6 Å². The topological polar surface area (TPSA) is 52.6 Å². The smallest absolute Gasteiger partial charge is 0.348 e. The first-order valence-corrected chi connectivity index (χ1v) is 11.0. The molecule has 0 amide bonds. The summed E-state index contributed by atoms with van der Waals surface area (Å²) in [7, 11) is -5.04. The maximum atomic E-state index is 12.6. The molecule has 0 bridgehead atoms. The molecule has 2 aliphatic rings. The van der Waals surface area contributed by atoms with Crippen LogP contribution in [0.2, 0.25) is 0 Å². The number of ether oxygens (including phenoxy) is 2. The fourth-order valence-corrected chi connectivity index (χ4v) is 4.60. The summed E-state index contributed by atoms with van der Waals surface area (Å²) in [6.45, 7) is 1.27. The Labute approximate surface area is 150 Å². The third-order valence-electron chi connectivity index (χ3n) is 4.47. The first-order valence-electron chi connectivity index (χ1n) is 8.15. The van der Waals surface area contributed by atoms with Gasteiger partial charge in [-0.05, 0) is 43.9 Å². The summed E-state index contributed by atoms with van der Waals surface area (Å²) in [5, 5.41) is -0.954. The van der Waals surface area contributed by atoms with E-state index in [9.17, 15) is 21.6 Å². The van der Waals surface area contributed by atoms with Crippen LogP contribution in [0.15, 0.2) is 24.3 Å². The van der Waals surface area contributed by atoms with Crippen LogP contribution in [-0.4, -0.2) is 50.2 Å². The molecular formula is C16H23F3O4S2. The lowest BCUT2D eigenvalue weighted by atomic mass is 9.88. The monoisotopic (exact) mass is 400 g/mol. The van der Waals surface area contributed by atoms with Crippen LogP contribution in [0.25, 0.3) is 0 Å². The van der Waals surface area contributed by atoms with Gasteiger partial charge in [-0.3, -0.25) is 0 Å². The van der Waals surface area contributed by atoms with Gasteiger partial charge in [-0.2, -0.15) is 24.9 Å². The number of allylic oxidation sites excluding steroid dienone is 3. The maximum Gasteiger partial charge on any atom is 0.497 e. The zero-order chi connectivity index (χ0) is 18.5. The number of thioether (sulfide) groups is 1. The van der Waals surface area contributed by atoms with Crippen LogP contribution in [0.5, 0.6) is 0 Å². The van der Waals surface area contributed by atoms with Crippen LogP contribution < -0.4 is 0 Å². The molecule has 1 aliphatic carbocycles. The first-order chi connectivity index (χ1) is 11.7. The van der Waals surface area contributed by atoms with Crippen molar-refractivity contribution in [1.82, 2.24) is 0 Å². The Kier molecular flexibility index (Phi) is 7.42. The summed E-state index contributed by atoms with van der Waals surface area (Å²) in [5.41, 5.74) is -5.15. The molecule has 0 N–H and O–H groups in total. The molecule has 0 radical (unpaired) electrons. The molecule has 0 aromatic carbocycles. The van der Waals surface area contributed by atoms with Crippen molar-refractivity contribution in [3.63, 3.8) is 0 Å². The van der Waals surface area contributed by atoms with E-state index in [1.165, 1.54) is 0 Å². The Morgan fingerprint density at radius 3 is 2.08 bits per heavy atom. The predicted octanol–water partition coefficient (Wildman–Crippen LogP) is 3.70. The Bertz CT molecular complexity index is 571. The van der Waals surface area contributed by atoms with E-state index in [0.717, 1.165) is 0 Å². The van der Waals surface area contributed by atoms with Gasteiger partial charge in [0.25, 0.3) is 9.84 Å². The van der Waals surface area contributed by atoms with Gasteiger partial charge in [0.05, 0.1) is 23.7 Å². The molecule has 0 aromatic rings. The molecule has 9 heteroatoms. The molecule has 144 valence electrons. The number of sulfone groups is 1. The molecule has 4 nitrogen and oxygen atoms in total. The molecule has 1 aliphatic heterocycles. The average Bonchev–Trinajstić information content (AvgIpc) is 2.58. The average molecular weight is 400 g/mol. The van der Waals surface area contributed by atoms with Crippen molar-refractivity contribution in [2.75, 3.05) is 19.5 Å². The van der Waals surface area contributed by atoms with E-state index >= 15 is 0 Å². The number of halogens is 3. The van der Waals surface area contributed by atoms with E-state index in [1.54, 1.807) is 23.9 Å². The van der Waals surface area contributed by atoms with Gasteiger partial charge in [0, 0.05) is 0 Å². The third-order valence-corrected chi connectivity index (χ3v) is 7.40. The Morgan fingerprint density at radius 1 is 1.00 bits per heavy atom. The van der Waals surface area contributed by atoms with Crippen molar-refractivity contribution in [2.24, 2.45) is 5.92 Å². The normalized spacial score (nSPS) is 32.5. The zero-order valence-electron chi connectivity index (χ0n) is 13.9. The minimum atomic E-state index is -5.15. The second-order valence-electron chi connectivity index (χ2n) is 6.19. The SMILES string of the molecule is CSC1COC(/C=C/C=C/C2CCC(S(=O)(=O)C(F)(F)F)CC2)OC1. The number of hydrogen-bond acceptors (Lipinski definition) is 5. The molecule has 0 atom stereocenters. The predicted molar refractivity (Wildman–Crippen MR) is 92.0 cm³/mol. The quantitative estimate of drug-likeness (QED) is 0.659. The molecule has 1 heterocycles. The van der Waals surface area contributed by atoms with E-state index in [-0.39, 0.29) is 25.0 Å². The molecule has 2 fully saturated rings. The second-order valence-corrected chi connectivity index (χ2v) is 9.55. The highest BCUT2D eigenvalue weighted by Gasteiger charge is 2.50. The molecule has 1 saturated carbocycles. The van der Waals surface area contributed by atoms with E-state index in [4.69, 9.17) is 9.47 Å². The van der Waals surface area contributed by atoms with E-state index in [1.807, 2.05) is 18.4 Å². The van der Waals surface area contributed by atoms with Crippen LogP contribution in [0.1, 0.15) is 25.7 Å². The highest BCUT2D eigenvalue weighted by molar-refractivity contribution is 7.99. The summed E-state index contributed by atoms with van der Waals surface area (Å²) >= 11 is 1.70. The molecular weight excluding hydrogens is 377 g/mol. The molecule has 2 rings (SSSR count). The summed E-state index contributed by atoms with van der Waals surface area (Å²) in [5.74, 6) is 0.0957. The minimum absolute atomic E-state index is 0.0471. The Balaban J connectivity index is 1.75. The van der Waals surface area contributed by atoms with Crippen molar-refractivity contribution in [3.8, 4) is 0 Å². The zero-order valence-corrected chi connectivity index (χ0v) is 15.6. The fourth-order valence-electron chi connectivity index (χ4n) is 2.90. The number of hydrogen-bond donors (Lipinski definition) is 0. The lowest BCUT2D eigenvalue weighted by Gasteiger charge is -2.27. The van der Waals surface area contributed by atoms with Gasteiger partial charge in [-0.15, -0.1) is 0 Å². The maximum absolute atomic E-state index is 12.6. The van der Waals surface area contributed by atoms with Gasteiger partial charge in [-0.25, -0.2) is 8.42 Å². The van der Waals surface area contributed by atoms with Crippen molar-refractivity contribution < 1.29 is 31.1 Å². The number of rotatable bonds is 5.